The predicted molar refractivity (Wildman–Crippen MR) is 198 cm³/mol. The molecule has 46 heavy (non-hydrogen) atoms. The van der Waals surface area contributed by atoms with E-state index in [2.05, 4.69) is 50.8 Å². The summed E-state index contributed by atoms with van der Waals surface area (Å²) in [6, 6.07) is 20.3. The van der Waals surface area contributed by atoms with Crippen LogP contribution in [-0.4, -0.2) is 45.6 Å². The molecule has 0 spiro atoms. The molecule has 0 bridgehead atoms. The van der Waals surface area contributed by atoms with Crippen LogP contribution in [0.1, 0.15) is 83.3 Å². The van der Waals surface area contributed by atoms with Gasteiger partial charge in [0.15, 0.2) is 0 Å². The fourth-order valence-electron chi connectivity index (χ4n) is 6.45. The summed E-state index contributed by atoms with van der Waals surface area (Å²) in [5.41, 5.74) is 1.04. The minimum Gasteiger partial charge on any atom is -0.343 e. The molecule has 2 heterocycles. The number of nitrogens with zero attached hydrogens (tertiary/aromatic N) is 1. The van der Waals surface area contributed by atoms with Gasteiger partial charge in [0.05, 0.1) is 17.0 Å². The number of fused-ring (bicyclic) bond motifs is 1. The Morgan fingerprint density at radius 3 is 2.28 bits per heavy atom. The van der Waals surface area contributed by atoms with Gasteiger partial charge >= 0.3 is 0 Å². The van der Waals surface area contributed by atoms with Gasteiger partial charge in [0.1, 0.15) is 0 Å². The Bertz CT molecular complexity index is 1370. The molecule has 4 unspecified atom stereocenters. The summed E-state index contributed by atoms with van der Waals surface area (Å²) in [7, 11) is 0. The van der Waals surface area contributed by atoms with E-state index in [1.54, 1.807) is 28.8 Å². The molecule has 1 saturated heterocycles. The van der Waals surface area contributed by atoms with Crippen molar-refractivity contribution in [3.63, 3.8) is 0 Å². The Morgan fingerprint density at radius 2 is 1.63 bits per heavy atom. The first-order valence-corrected chi connectivity index (χ1v) is 19.5. The lowest BCUT2D eigenvalue weighted by molar-refractivity contribution is -0.153. The summed E-state index contributed by atoms with van der Waals surface area (Å²) in [5.74, 6) is 3.69. The Morgan fingerprint density at radius 1 is 1.00 bits per heavy atom. The van der Waals surface area contributed by atoms with Crippen molar-refractivity contribution in [2.45, 2.75) is 83.2 Å². The molecule has 0 saturated carbocycles. The van der Waals surface area contributed by atoms with Crippen LogP contribution in [0.3, 0.4) is 0 Å². The van der Waals surface area contributed by atoms with Gasteiger partial charge in [0, 0.05) is 11.0 Å². The van der Waals surface area contributed by atoms with Crippen molar-refractivity contribution >= 4 is 53.9 Å². The standard InChI is InChI=1S/C38H50N2O3S3/c1-29(20-24-44)18-19-34(41)39-37(2,30-14-6-4-7-15-30)22-10-12-25-45-26-13-11-23-38(3,31-16-8-5-9-17-31)40-35(42)28-33-32(36(40)43)21-27-46-33/h4-9,14-19,28-29,32,44H,10-13,20-27H2,1-3H3,(H,39,41)/b19-18-. The maximum absolute atomic E-state index is 13.6. The second kappa shape index (κ2) is 17.7. The fourth-order valence-corrected chi connectivity index (χ4v) is 9.07. The minimum atomic E-state index is -0.665. The average Bonchev–Trinajstić information content (AvgIpc) is 3.53. The topological polar surface area (TPSA) is 66.5 Å². The number of unbranched alkanes of at least 4 members (excludes halogenated alkanes) is 2. The van der Waals surface area contributed by atoms with E-state index < -0.39 is 11.1 Å². The molecule has 3 amide bonds. The first-order chi connectivity index (χ1) is 22.2. The van der Waals surface area contributed by atoms with Crippen molar-refractivity contribution in [2.24, 2.45) is 11.8 Å². The number of amides is 3. The zero-order valence-corrected chi connectivity index (χ0v) is 30.1. The van der Waals surface area contributed by atoms with Crippen LogP contribution < -0.4 is 5.32 Å². The van der Waals surface area contributed by atoms with E-state index >= 15 is 0 Å². The molecule has 2 aromatic rings. The Labute approximate surface area is 290 Å². The van der Waals surface area contributed by atoms with Gasteiger partial charge in [-0.05, 0) is 111 Å². The molecule has 248 valence electrons. The van der Waals surface area contributed by atoms with E-state index in [0.717, 1.165) is 90.4 Å². The Balaban J connectivity index is 1.25. The number of rotatable bonds is 18. The predicted octanol–water partition coefficient (Wildman–Crippen LogP) is 8.53. The highest BCUT2D eigenvalue weighted by Gasteiger charge is 2.47. The molecule has 8 heteroatoms. The van der Waals surface area contributed by atoms with Crippen LogP contribution >= 0.6 is 36.2 Å². The molecule has 4 atom stereocenters. The highest BCUT2D eigenvalue weighted by Crippen LogP contribution is 2.44. The highest BCUT2D eigenvalue weighted by atomic mass is 32.2. The molecular weight excluding hydrogens is 629 g/mol. The molecule has 2 aliphatic rings. The molecule has 0 aliphatic carbocycles. The summed E-state index contributed by atoms with van der Waals surface area (Å²) < 4.78 is 0. The number of hydrogen-bond acceptors (Lipinski definition) is 6. The van der Waals surface area contributed by atoms with Crippen molar-refractivity contribution in [2.75, 3.05) is 23.0 Å². The van der Waals surface area contributed by atoms with E-state index in [9.17, 15) is 14.4 Å². The van der Waals surface area contributed by atoms with Gasteiger partial charge in [-0.3, -0.25) is 19.3 Å². The van der Waals surface area contributed by atoms with Crippen LogP contribution in [-0.2, 0) is 25.5 Å². The van der Waals surface area contributed by atoms with Crippen molar-refractivity contribution in [3.8, 4) is 0 Å². The number of imide groups is 1. The average molecular weight is 679 g/mol. The SMILES string of the molecule is CC(/C=C\C(=O)NC(C)(CCCCSCCCCC(C)(c1ccccc1)N1C(=O)C=C2SCCC2C1=O)c1ccccc1)CCS. The number of carbonyl (C=O) groups excluding carboxylic acids is 3. The molecule has 2 aromatic carbocycles. The molecule has 1 fully saturated rings. The molecule has 5 nitrogen and oxygen atoms in total. The number of thiol groups is 1. The maximum Gasteiger partial charge on any atom is 0.254 e. The van der Waals surface area contributed by atoms with Crippen LogP contribution in [0.4, 0.5) is 0 Å². The van der Waals surface area contributed by atoms with E-state index in [1.165, 1.54) is 0 Å². The summed E-state index contributed by atoms with van der Waals surface area (Å²) in [4.78, 5) is 42.2. The second-order valence-corrected chi connectivity index (χ2v) is 15.8. The molecule has 0 radical (unpaired) electrons. The summed E-state index contributed by atoms with van der Waals surface area (Å²) in [6.07, 6.45) is 12.8. The van der Waals surface area contributed by atoms with E-state index in [1.807, 2.05) is 66.4 Å². The highest BCUT2D eigenvalue weighted by molar-refractivity contribution is 8.03. The lowest BCUT2D eigenvalue weighted by Gasteiger charge is -2.43. The van der Waals surface area contributed by atoms with Crippen LogP contribution in [0.5, 0.6) is 0 Å². The van der Waals surface area contributed by atoms with Gasteiger partial charge in [-0.15, -0.1) is 11.8 Å². The van der Waals surface area contributed by atoms with Crippen molar-refractivity contribution < 1.29 is 14.4 Å². The van der Waals surface area contributed by atoms with Crippen LogP contribution in [0.2, 0.25) is 0 Å². The van der Waals surface area contributed by atoms with Crippen molar-refractivity contribution in [1.82, 2.24) is 10.2 Å². The van der Waals surface area contributed by atoms with E-state index in [0.29, 0.717) is 5.92 Å². The first-order valence-electron chi connectivity index (χ1n) is 16.7. The lowest BCUT2D eigenvalue weighted by atomic mass is 9.82. The molecular formula is C38H50N2O3S3. The van der Waals surface area contributed by atoms with Gasteiger partial charge < -0.3 is 5.32 Å². The van der Waals surface area contributed by atoms with Gasteiger partial charge in [0.2, 0.25) is 11.8 Å². The lowest BCUT2D eigenvalue weighted by Crippen LogP contribution is -2.54. The van der Waals surface area contributed by atoms with Crippen molar-refractivity contribution in [1.29, 1.82) is 0 Å². The second-order valence-electron chi connectivity index (χ2n) is 13.0. The monoisotopic (exact) mass is 678 g/mol. The largest absolute Gasteiger partial charge is 0.343 e. The maximum atomic E-state index is 13.6. The van der Waals surface area contributed by atoms with Crippen LogP contribution in [0.15, 0.2) is 83.8 Å². The number of thioether (sulfide) groups is 2. The number of allylic oxidation sites excluding steroid dienone is 1. The smallest absolute Gasteiger partial charge is 0.254 e. The number of nitrogens with one attached hydrogen (secondary N) is 1. The van der Waals surface area contributed by atoms with Crippen LogP contribution in [0, 0.1) is 11.8 Å². The van der Waals surface area contributed by atoms with Gasteiger partial charge in [-0.25, -0.2) is 0 Å². The summed E-state index contributed by atoms with van der Waals surface area (Å²) >= 11 is 7.91. The third-order valence-electron chi connectivity index (χ3n) is 9.30. The van der Waals surface area contributed by atoms with Gasteiger partial charge in [-0.1, -0.05) is 73.7 Å². The Hall–Kier alpha value is -2.42. The molecule has 1 N–H and O–H groups in total. The molecule has 2 aliphatic heterocycles. The molecule has 0 aromatic heterocycles. The normalized spacial score (nSPS) is 19.8. The fraction of sp³-hybridized carbons (Fsp3) is 0.500. The number of carbonyl (C=O) groups is 3. The Kier molecular flexibility index (Phi) is 14.0. The quantitative estimate of drug-likeness (QED) is 0.0716. The summed E-state index contributed by atoms with van der Waals surface area (Å²) in [6.45, 7) is 6.29. The third kappa shape index (κ3) is 9.57. The minimum absolute atomic E-state index is 0.0361. The van der Waals surface area contributed by atoms with Gasteiger partial charge in [-0.2, -0.15) is 24.4 Å². The van der Waals surface area contributed by atoms with Crippen LogP contribution in [0.25, 0.3) is 0 Å². The number of hydrogen-bond donors (Lipinski definition) is 2. The van der Waals surface area contributed by atoms with E-state index in [4.69, 9.17) is 0 Å². The van der Waals surface area contributed by atoms with Crippen molar-refractivity contribution in [3.05, 3.63) is 94.9 Å². The first kappa shape index (κ1) is 36.4. The van der Waals surface area contributed by atoms with Gasteiger partial charge in [0.25, 0.3) is 5.91 Å². The zero-order valence-electron chi connectivity index (χ0n) is 27.6. The molecule has 4 rings (SSSR count). The zero-order chi connectivity index (χ0) is 33.0. The number of benzene rings is 2. The summed E-state index contributed by atoms with van der Waals surface area (Å²) in [5, 5.41) is 3.29. The third-order valence-corrected chi connectivity index (χ3v) is 11.9. The van der Waals surface area contributed by atoms with E-state index in [-0.39, 0.29) is 23.6 Å².